The summed E-state index contributed by atoms with van der Waals surface area (Å²) in [7, 11) is 0. The third-order valence-corrected chi connectivity index (χ3v) is 4.22. The molecule has 0 amide bonds. The third kappa shape index (κ3) is 2.44. The summed E-state index contributed by atoms with van der Waals surface area (Å²) in [5.41, 5.74) is 2.69. The van der Waals surface area contributed by atoms with Crippen molar-refractivity contribution in [3.63, 3.8) is 0 Å². The zero-order chi connectivity index (χ0) is 11.7. The molecule has 0 N–H and O–H groups in total. The van der Waals surface area contributed by atoms with Crippen molar-refractivity contribution in [2.45, 2.75) is 18.9 Å². The third-order valence-electron chi connectivity index (χ3n) is 3.39. The summed E-state index contributed by atoms with van der Waals surface area (Å²) in [5.74, 6) is 1.56. The molecule has 88 valence electrons. The highest BCUT2D eigenvalue weighted by molar-refractivity contribution is 9.09. The predicted octanol–water partition coefficient (Wildman–Crippen LogP) is 3.43. The highest BCUT2D eigenvalue weighted by atomic mass is 79.9. The number of hydrogen-bond donors (Lipinski definition) is 0. The first-order valence-corrected chi connectivity index (χ1v) is 7.11. The summed E-state index contributed by atoms with van der Waals surface area (Å²) >= 11 is 3.55. The maximum atomic E-state index is 4.44. The maximum Gasteiger partial charge on any atom is 0.0659 e. The second-order valence-corrected chi connectivity index (χ2v) is 5.36. The first kappa shape index (κ1) is 11.0. The van der Waals surface area contributed by atoms with E-state index in [1.54, 1.807) is 0 Å². The van der Waals surface area contributed by atoms with E-state index in [1.165, 1.54) is 17.5 Å². The molecule has 1 aromatic heterocycles. The highest BCUT2D eigenvalue weighted by Gasteiger charge is 2.37. The van der Waals surface area contributed by atoms with Crippen molar-refractivity contribution in [3.8, 4) is 0 Å². The smallest absolute Gasteiger partial charge is 0.0659 e. The van der Waals surface area contributed by atoms with E-state index < -0.39 is 0 Å². The lowest BCUT2D eigenvalue weighted by molar-refractivity contribution is 0.686. The fraction of sp³-hybridized carbons (Fsp3) is 0.357. The summed E-state index contributed by atoms with van der Waals surface area (Å²) < 4.78 is 2.04. The van der Waals surface area contributed by atoms with Crippen molar-refractivity contribution in [3.05, 3.63) is 53.9 Å². The minimum Gasteiger partial charge on any atom is -0.268 e. The lowest BCUT2D eigenvalue weighted by Crippen LogP contribution is -1.99. The van der Waals surface area contributed by atoms with Crippen LogP contribution in [-0.4, -0.2) is 15.1 Å². The van der Waals surface area contributed by atoms with E-state index in [2.05, 4.69) is 51.5 Å². The number of benzene rings is 1. The lowest BCUT2D eigenvalue weighted by atomic mass is 10.2. The van der Waals surface area contributed by atoms with Gasteiger partial charge in [-0.3, -0.25) is 4.68 Å². The number of hydrogen-bond acceptors (Lipinski definition) is 1. The molecule has 1 saturated carbocycles. The van der Waals surface area contributed by atoms with Gasteiger partial charge in [0, 0.05) is 11.5 Å². The van der Waals surface area contributed by atoms with Gasteiger partial charge in [-0.2, -0.15) is 5.10 Å². The standard InChI is InChI=1S/C14H15BrN2/c15-7-12-6-14(12)13-8-16-17(10-13)9-11-4-2-1-3-5-11/h1-5,8,10,12,14H,6-7,9H2. The van der Waals surface area contributed by atoms with Crippen LogP contribution in [0.4, 0.5) is 0 Å². The molecule has 0 radical (unpaired) electrons. The van der Waals surface area contributed by atoms with Crippen LogP contribution >= 0.6 is 15.9 Å². The summed E-state index contributed by atoms with van der Waals surface area (Å²) in [6.45, 7) is 0.868. The molecule has 0 spiro atoms. The van der Waals surface area contributed by atoms with Gasteiger partial charge in [0.15, 0.2) is 0 Å². The van der Waals surface area contributed by atoms with E-state index in [4.69, 9.17) is 0 Å². The molecular weight excluding hydrogens is 276 g/mol. The first-order valence-electron chi connectivity index (χ1n) is 5.99. The molecule has 3 heteroatoms. The van der Waals surface area contributed by atoms with E-state index in [1.807, 2.05) is 16.9 Å². The largest absolute Gasteiger partial charge is 0.268 e. The number of halogens is 1. The quantitative estimate of drug-likeness (QED) is 0.789. The monoisotopic (exact) mass is 290 g/mol. The molecular formula is C14H15BrN2. The van der Waals surface area contributed by atoms with Gasteiger partial charge in [-0.05, 0) is 29.4 Å². The van der Waals surface area contributed by atoms with Crippen molar-refractivity contribution in [1.29, 1.82) is 0 Å². The molecule has 2 aromatic rings. The molecule has 2 nitrogen and oxygen atoms in total. The zero-order valence-electron chi connectivity index (χ0n) is 9.59. The molecule has 3 rings (SSSR count). The molecule has 1 aromatic carbocycles. The van der Waals surface area contributed by atoms with E-state index >= 15 is 0 Å². The minimum atomic E-state index is 0.735. The van der Waals surface area contributed by atoms with E-state index in [9.17, 15) is 0 Å². The number of rotatable bonds is 4. The van der Waals surface area contributed by atoms with E-state index in [0.29, 0.717) is 0 Å². The summed E-state index contributed by atoms with van der Waals surface area (Å²) in [6.07, 6.45) is 5.53. The zero-order valence-corrected chi connectivity index (χ0v) is 11.2. The Labute approximate surface area is 110 Å². The number of aromatic nitrogens is 2. The van der Waals surface area contributed by atoms with Crippen LogP contribution in [0.5, 0.6) is 0 Å². The maximum absolute atomic E-state index is 4.44. The van der Waals surface area contributed by atoms with Gasteiger partial charge in [0.2, 0.25) is 0 Å². The van der Waals surface area contributed by atoms with Gasteiger partial charge in [-0.25, -0.2) is 0 Å². The van der Waals surface area contributed by atoms with Crippen molar-refractivity contribution in [1.82, 2.24) is 9.78 Å². The minimum absolute atomic E-state index is 0.735. The highest BCUT2D eigenvalue weighted by Crippen LogP contribution is 2.48. The van der Waals surface area contributed by atoms with Crippen molar-refractivity contribution in [2.24, 2.45) is 5.92 Å². The van der Waals surface area contributed by atoms with Crippen LogP contribution < -0.4 is 0 Å². The van der Waals surface area contributed by atoms with Gasteiger partial charge in [0.25, 0.3) is 0 Å². The molecule has 0 aliphatic heterocycles. The number of alkyl halides is 1. The summed E-state index contributed by atoms with van der Waals surface area (Å²) in [6, 6.07) is 10.5. The van der Waals surface area contributed by atoms with Crippen molar-refractivity contribution < 1.29 is 0 Å². The second-order valence-electron chi connectivity index (χ2n) is 4.71. The van der Waals surface area contributed by atoms with Crippen LogP contribution in [-0.2, 0) is 6.54 Å². The van der Waals surface area contributed by atoms with Crippen LogP contribution in [0.25, 0.3) is 0 Å². The first-order chi connectivity index (χ1) is 8.36. The van der Waals surface area contributed by atoms with Gasteiger partial charge in [0.05, 0.1) is 12.7 Å². The molecule has 2 atom stereocenters. The number of nitrogens with zero attached hydrogens (tertiary/aromatic N) is 2. The Morgan fingerprint density at radius 3 is 2.82 bits per heavy atom. The van der Waals surface area contributed by atoms with Crippen LogP contribution in [0, 0.1) is 5.92 Å². The molecule has 1 aliphatic carbocycles. The van der Waals surface area contributed by atoms with Crippen molar-refractivity contribution >= 4 is 15.9 Å². The second kappa shape index (κ2) is 4.65. The molecule has 17 heavy (non-hydrogen) atoms. The average Bonchev–Trinajstić information content (AvgIpc) is 3.03. The Morgan fingerprint density at radius 1 is 1.29 bits per heavy atom. The fourth-order valence-corrected chi connectivity index (χ4v) is 2.97. The SMILES string of the molecule is BrCC1CC1c1cnn(Cc2ccccc2)c1. The fourth-order valence-electron chi connectivity index (χ4n) is 2.25. The topological polar surface area (TPSA) is 17.8 Å². The Bertz CT molecular complexity index is 492. The molecule has 2 unspecified atom stereocenters. The molecule has 0 bridgehead atoms. The lowest BCUT2D eigenvalue weighted by Gasteiger charge is -2.00. The Kier molecular flexibility index (Phi) is 3.02. The van der Waals surface area contributed by atoms with Crippen LogP contribution in [0.2, 0.25) is 0 Å². The average molecular weight is 291 g/mol. The van der Waals surface area contributed by atoms with Crippen LogP contribution in [0.1, 0.15) is 23.5 Å². The van der Waals surface area contributed by atoms with Crippen LogP contribution in [0.15, 0.2) is 42.7 Å². The van der Waals surface area contributed by atoms with Gasteiger partial charge in [-0.1, -0.05) is 46.3 Å². The summed E-state index contributed by atoms with van der Waals surface area (Å²) in [5, 5.41) is 5.56. The molecule has 1 heterocycles. The predicted molar refractivity (Wildman–Crippen MR) is 72.4 cm³/mol. The van der Waals surface area contributed by atoms with Crippen molar-refractivity contribution in [2.75, 3.05) is 5.33 Å². The molecule has 1 aliphatic rings. The normalized spacial score (nSPS) is 22.6. The molecule has 1 fully saturated rings. The summed E-state index contributed by atoms with van der Waals surface area (Å²) in [4.78, 5) is 0. The Hall–Kier alpha value is -1.09. The van der Waals surface area contributed by atoms with Gasteiger partial charge in [-0.15, -0.1) is 0 Å². The van der Waals surface area contributed by atoms with Crippen LogP contribution in [0.3, 0.4) is 0 Å². The Balaban J connectivity index is 1.69. The molecule has 0 saturated heterocycles. The van der Waals surface area contributed by atoms with E-state index in [-0.39, 0.29) is 0 Å². The van der Waals surface area contributed by atoms with Gasteiger partial charge in [0.1, 0.15) is 0 Å². The van der Waals surface area contributed by atoms with Gasteiger partial charge < -0.3 is 0 Å². The Morgan fingerprint density at radius 2 is 2.12 bits per heavy atom. The van der Waals surface area contributed by atoms with Gasteiger partial charge >= 0.3 is 0 Å². The van der Waals surface area contributed by atoms with E-state index in [0.717, 1.165) is 23.7 Å².